The lowest BCUT2D eigenvalue weighted by Crippen LogP contribution is -2.09. The van der Waals surface area contributed by atoms with E-state index in [2.05, 4.69) is 28.6 Å². The molecule has 0 radical (unpaired) electrons. The number of hydrogen-bond donors (Lipinski definition) is 1. The highest BCUT2D eigenvalue weighted by Crippen LogP contribution is 2.35. The lowest BCUT2D eigenvalue weighted by atomic mass is 10.0. The molecule has 4 aromatic rings. The van der Waals surface area contributed by atoms with Crippen LogP contribution >= 0.6 is 22.9 Å². The predicted molar refractivity (Wildman–Crippen MR) is 132 cm³/mol. The first-order valence-corrected chi connectivity index (χ1v) is 12.0. The van der Waals surface area contributed by atoms with Crippen LogP contribution in [0.5, 0.6) is 5.75 Å². The van der Waals surface area contributed by atoms with Crippen molar-refractivity contribution in [1.82, 2.24) is 4.98 Å². The van der Waals surface area contributed by atoms with E-state index in [-0.39, 0.29) is 5.97 Å². The molecule has 0 spiro atoms. The Balaban J connectivity index is 1.58. The quantitative estimate of drug-likeness (QED) is 0.217. The van der Waals surface area contributed by atoms with Crippen LogP contribution in [0.25, 0.3) is 21.3 Å². The number of aromatic amines is 1. The number of nitrogens with one attached hydrogen (secondary N) is 1. The summed E-state index contributed by atoms with van der Waals surface area (Å²) in [5.74, 6) is 0.495. The van der Waals surface area contributed by atoms with Crippen LogP contribution in [0.3, 0.4) is 0 Å². The zero-order valence-electron chi connectivity index (χ0n) is 18.5. The third-order valence-corrected chi connectivity index (χ3v) is 6.96. The Hall–Kier alpha value is -2.76. The third kappa shape index (κ3) is 4.54. The molecule has 0 saturated heterocycles. The molecule has 0 amide bonds. The van der Waals surface area contributed by atoms with Gasteiger partial charge in [0.05, 0.1) is 18.7 Å². The fraction of sp³-hybridized carbons (Fsp3) is 0.269. The summed E-state index contributed by atoms with van der Waals surface area (Å²) in [6.07, 6.45) is 1.47. The second-order valence-electron chi connectivity index (χ2n) is 7.73. The minimum absolute atomic E-state index is 0.319. The zero-order valence-corrected chi connectivity index (χ0v) is 20.0. The number of aromatic nitrogens is 1. The number of carbonyl (C=O) groups is 1. The summed E-state index contributed by atoms with van der Waals surface area (Å²) >= 11 is 7.94. The number of fused-ring (bicyclic) bond motifs is 1. The van der Waals surface area contributed by atoms with Crippen molar-refractivity contribution in [2.24, 2.45) is 0 Å². The monoisotopic (exact) mass is 467 g/mol. The standard InChI is InChI=1S/C26H26ClNO3S/c1-4-30-26(29)25-20(10-6-12-31-18-14-16(2)23(27)17(3)15-18)19-8-5-9-21(24(19)28-25)22-11-7-13-32-22/h5,7-9,11,13-15,28H,4,6,10,12H2,1-3H3. The summed E-state index contributed by atoms with van der Waals surface area (Å²) in [5.41, 5.74) is 5.58. The van der Waals surface area contributed by atoms with Crippen molar-refractivity contribution in [2.45, 2.75) is 33.6 Å². The number of rotatable bonds is 8. The van der Waals surface area contributed by atoms with E-state index in [1.807, 2.05) is 45.0 Å². The Morgan fingerprint density at radius 1 is 1.12 bits per heavy atom. The predicted octanol–water partition coefficient (Wildman–Crippen LogP) is 7.35. The van der Waals surface area contributed by atoms with Gasteiger partial charge in [-0.3, -0.25) is 0 Å². The maximum atomic E-state index is 12.7. The molecule has 6 heteroatoms. The van der Waals surface area contributed by atoms with Crippen molar-refractivity contribution in [1.29, 1.82) is 0 Å². The molecule has 0 saturated carbocycles. The minimum atomic E-state index is -0.319. The molecule has 1 N–H and O–H groups in total. The number of esters is 1. The number of halogens is 1. The van der Waals surface area contributed by atoms with Gasteiger partial charge in [-0.1, -0.05) is 35.9 Å². The highest BCUT2D eigenvalue weighted by molar-refractivity contribution is 7.13. The zero-order chi connectivity index (χ0) is 22.7. The number of benzene rings is 2. The SMILES string of the molecule is CCOC(=O)c1[nH]c2c(-c3cccs3)cccc2c1CCCOc1cc(C)c(Cl)c(C)c1. The summed E-state index contributed by atoms with van der Waals surface area (Å²) < 4.78 is 11.3. The van der Waals surface area contributed by atoms with Gasteiger partial charge >= 0.3 is 5.97 Å². The first kappa shape index (κ1) is 22.4. The van der Waals surface area contributed by atoms with Gasteiger partial charge in [-0.25, -0.2) is 4.79 Å². The maximum Gasteiger partial charge on any atom is 0.355 e. The van der Waals surface area contributed by atoms with Gasteiger partial charge in [0.1, 0.15) is 11.4 Å². The molecular weight excluding hydrogens is 442 g/mol. The number of H-pyrrole nitrogens is 1. The van der Waals surface area contributed by atoms with Gasteiger partial charge in [-0.05, 0) is 73.9 Å². The average Bonchev–Trinajstić information content (AvgIpc) is 3.43. The number of ether oxygens (including phenoxy) is 2. The number of aryl methyl sites for hydroxylation is 3. The van der Waals surface area contributed by atoms with E-state index >= 15 is 0 Å². The van der Waals surface area contributed by atoms with E-state index in [9.17, 15) is 4.79 Å². The topological polar surface area (TPSA) is 51.3 Å². The van der Waals surface area contributed by atoms with Crippen LogP contribution in [0, 0.1) is 13.8 Å². The molecule has 2 aromatic carbocycles. The van der Waals surface area contributed by atoms with E-state index in [0.717, 1.165) is 55.2 Å². The molecule has 0 atom stereocenters. The largest absolute Gasteiger partial charge is 0.494 e. The summed E-state index contributed by atoms with van der Waals surface area (Å²) in [6.45, 7) is 6.65. The minimum Gasteiger partial charge on any atom is -0.494 e. The number of hydrogen-bond acceptors (Lipinski definition) is 4. The molecule has 0 aliphatic rings. The molecule has 0 aliphatic heterocycles. The van der Waals surface area contributed by atoms with Crippen molar-refractivity contribution in [3.8, 4) is 16.2 Å². The van der Waals surface area contributed by atoms with Gasteiger partial charge < -0.3 is 14.5 Å². The third-order valence-electron chi connectivity index (χ3n) is 5.46. The van der Waals surface area contributed by atoms with Crippen molar-refractivity contribution in [3.05, 3.63) is 75.3 Å². The lowest BCUT2D eigenvalue weighted by molar-refractivity contribution is 0.0519. The van der Waals surface area contributed by atoms with Gasteiger partial charge in [-0.15, -0.1) is 11.3 Å². The molecule has 0 unspecified atom stereocenters. The molecule has 166 valence electrons. The Morgan fingerprint density at radius 2 is 1.91 bits per heavy atom. The molecule has 0 aliphatic carbocycles. The average molecular weight is 468 g/mol. The van der Waals surface area contributed by atoms with E-state index in [1.165, 1.54) is 0 Å². The van der Waals surface area contributed by atoms with Gasteiger partial charge in [0.15, 0.2) is 0 Å². The number of thiophene rings is 1. The van der Waals surface area contributed by atoms with Crippen molar-refractivity contribution >= 4 is 39.8 Å². The summed E-state index contributed by atoms with van der Waals surface area (Å²) in [4.78, 5) is 17.2. The molecule has 32 heavy (non-hydrogen) atoms. The van der Waals surface area contributed by atoms with Crippen molar-refractivity contribution in [3.63, 3.8) is 0 Å². The Kier molecular flexibility index (Phi) is 6.87. The second kappa shape index (κ2) is 9.80. The molecule has 4 nitrogen and oxygen atoms in total. The highest BCUT2D eigenvalue weighted by atomic mass is 35.5. The summed E-state index contributed by atoms with van der Waals surface area (Å²) in [6, 6.07) is 14.2. The van der Waals surface area contributed by atoms with Crippen LogP contribution in [-0.4, -0.2) is 24.2 Å². The van der Waals surface area contributed by atoms with Crippen molar-refractivity contribution in [2.75, 3.05) is 13.2 Å². The van der Waals surface area contributed by atoms with Crippen LogP contribution in [-0.2, 0) is 11.2 Å². The fourth-order valence-electron chi connectivity index (χ4n) is 3.98. The van der Waals surface area contributed by atoms with E-state index in [4.69, 9.17) is 21.1 Å². The normalized spacial score (nSPS) is 11.1. The molecule has 0 fully saturated rings. The Bertz CT molecular complexity index is 1220. The Labute approximate surface area is 197 Å². The van der Waals surface area contributed by atoms with E-state index < -0.39 is 0 Å². The van der Waals surface area contributed by atoms with Gasteiger partial charge in [0.2, 0.25) is 0 Å². The molecule has 4 rings (SSSR count). The first-order chi connectivity index (χ1) is 15.5. The van der Waals surface area contributed by atoms with E-state index in [0.29, 0.717) is 25.3 Å². The van der Waals surface area contributed by atoms with Gasteiger partial charge in [-0.2, -0.15) is 0 Å². The Morgan fingerprint density at radius 3 is 2.59 bits per heavy atom. The van der Waals surface area contributed by atoms with Crippen LogP contribution in [0.1, 0.15) is 40.5 Å². The maximum absolute atomic E-state index is 12.7. The fourth-order valence-corrected chi connectivity index (χ4v) is 4.84. The molecule has 0 bridgehead atoms. The number of carbonyl (C=O) groups excluding carboxylic acids is 1. The van der Waals surface area contributed by atoms with Crippen molar-refractivity contribution < 1.29 is 14.3 Å². The van der Waals surface area contributed by atoms with Crippen LogP contribution < -0.4 is 4.74 Å². The summed E-state index contributed by atoms with van der Waals surface area (Å²) in [7, 11) is 0. The van der Waals surface area contributed by atoms with Gasteiger partial charge in [0, 0.05) is 20.8 Å². The smallest absolute Gasteiger partial charge is 0.355 e. The summed E-state index contributed by atoms with van der Waals surface area (Å²) in [5, 5.41) is 3.89. The number of para-hydroxylation sites is 1. The van der Waals surface area contributed by atoms with Gasteiger partial charge in [0.25, 0.3) is 0 Å². The lowest BCUT2D eigenvalue weighted by Gasteiger charge is -2.10. The van der Waals surface area contributed by atoms with E-state index in [1.54, 1.807) is 11.3 Å². The molecular formula is C26H26ClNO3S. The molecule has 2 heterocycles. The molecule has 2 aromatic heterocycles. The first-order valence-electron chi connectivity index (χ1n) is 10.7. The van der Waals surface area contributed by atoms with Crippen LogP contribution in [0.4, 0.5) is 0 Å². The van der Waals surface area contributed by atoms with Crippen LogP contribution in [0.15, 0.2) is 47.8 Å². The van der Waals surface area contributed by atoms with Crippen LogP contribution in [0.2, 0.25) is 5.02 Å². The second-order valence-corrected chi connectivity index (χ2v) is 9.05. The highest BCUT2D eigenvalue weighted by Gasteiger charge is 2.20.